The molecule has 0 radical (unpaired) electrons. The Balaban J connectivity index is 1.85. The lowest BCUT2D eigenvalue weighted by atomic mass is 10.0. The zero-order valence-electron chi connectivity index (χ0n) is 20.3. The Labute approximate surface area is 197 Å². The van der Waals surface area contributed by atoms with Crippen molar-refractivity contribution in [3.05, 3.63) is 59.7 Å². The maximum Gasteiger partial charge on any atom is 0.119 e. The molecule has 33 heavy (non-hydrogen) atoms. The van der Waals surface area contributed by atoms with Crippen molar-refractivity contribution >= 4 is 11.4 Å². The number of ether oxygens (including phenoxy) is 2. The molecule has 2 aromatic rings. The fraction of sp³-hybridized carbons (Fsp3) is 0.481. The molecule has 0 aliphatic carbocycles. The van der Waals surface area contributed by atoms with E-state index in [0.29, 0.717) is 55.7 Å². The monoisotopic (exact) mass is 454 g/mol. The molecule has 6 heteroatoms. The van der Waals surface area contributed by atoms with Crippen LogP contribution >= 0.6 is 0 Å². The molecule has 0 bridgehead atoms. The smallest absolute Gasteiger partial charge is 0.119 e. The fourth-order valence-corrected chi connectivity index (χ4v) is 3.24. The minimum atomic E-state index is 0.555. The maximum atomic E-state index is 9.49. The Hall–Kier alpha value is -3.02. The van der Waals surface area contributed by atoms with Crippen molar-refractivity contribution in [1.29, 1.82) is 0 Å². The first-order valence-electron chi connectivity index (χ1n) is 11.8. The van der Waals surface area contributed by atoms with Gasteiger partial charge in [0.05, 0.1) is 24.6 Å². The third-order valence-corrected chi connectivity index (χ3v) is 5.37. The topological polar surface area (TPSA) is 83.6 Å². The summed E-state index contributed by atoms with van der Waals surface area (Å²) in [5.41, 5.74) is 2.88. The second-order valence-electron chi connectivity index (χ2n) is 9.06. The van der Waals surface area contributed by atoms with Crippen molar-refractivity contribution in [2.45, 2.75) is 59.8 Å². The average Bonchev–Trinajstić information content (AvgIpc) is 2.80. The molecule has 2 rings (SSSR count). The van der Waals surface area contributed by atoms with Crippen molar-refractivity contribution < 1.29 is 19.9 Å². The third-order valence-electron chi connectivity index (χ3n) is 5.37. The van der Waals surface area contributed by atoms with E-state index < -0.39 is 0 Å². The van der Waals surface area contributed by atoms with E-state index in [-0.39, 0.29) is 0 Å². The molecule has 0 aliphatic rings. The predicted octanol–water partition coefficient (Wildman–Crippen LogP) is 6.76. The van der Waals surface area contributed by atoms with Crippen LogP contribution in [-0.4, -0.2) is 35.1 Å². The summed E-state index contributed by atoms with van der Waals surface area (Å²) < 4.78 is 11.5. The van der Waals surface area contributed by atoms with Crippen LogP contribution in [0.3, 0.4) is 0 Å². The Bertz CT molecular complexity index is 798. The summed E-state index contributed by atoms with van der Waals surface area (Å²) in [7, 11) is 0. The maximum absolute atomic E-state index is 9.49. The first-order valence-corrected chi connectivity index (χ1v) is 11.8. The molecular formula is C27H38N2O4. The van der Waals surface area contributed by atoms with E-state index in [1.165, 1.54) is 0 Å². The van der Waals surface area contributed by atoms with Gasteiger partial charge in [0.2, 0.25) is 0 Å². The Morgan fingerprint density at radius 3 is 1.33 bits per heavy atom. The number of nitrogens with zero attached hydrogens (tertiary/aromatic N) is 2. The zero-order valence-corrected chi connectivity index (χ0v) is 20.3. The highest BCUT2D eigenvalue weighted by atomic mass is 16.5. The van der Waals surface area contributed by atoms with Crippen molar-refractivity contribution in [3.8, 4) is 11.5 Å². The van der Waals surface area contributed by atoms with Gasteiger partial charge in [-0.1, -0.05) is 38.0 Å². The van der Waals surface area contributed by atoms with Gasteiger partial charge in [-0.05, 0) is 104 Å². The highest BCUT2D eigenvalue weighted by Crippen LogP contribution is 2.18. The molecular weight excluding hydrogens is 416 g/mol. The molecule has 2 aromatic carbocycles. The van der Waals surface area contributed by atoms with Crippen molar-refractivity contribution in [2.75, 3.05) is 13.2 Å². The van der Waals surface area contributed by atoms with Gasteiger partial charge in [0.15, 0.2) is 0 Å². The quantitative estimate of drug-likeness (QED) is 0.188. The highest BCUT2D eigenvalue weighted by Gasteiger charge is 2.10. The summed E-state index contributed by atoms with van der Waals surface area (Å²) >= 11 is 0. The SMILES string of the molecule is CC(C)CCOc1ccc(/C(CCC/C(=N/O)c2ccc(OCCC(C)C)cc2)=N\O)cc1. The minimum Gasteiger partial charge on any atom is -0.494 e. The first kappa shape index (κ1) is 26.2. The zero-order chi connectivity index (χ0) is 24.1. The highest BCUT2D eigenvalue weighted by molar-refractivity contribution is 6.02. The molecule has 0 spiro atoms. The number of rotatable bonds is 14. The van der Waals surface area contributed by atoms with Gasteiger partial charge in [0.25, 0.3) is 0 Å². The third kappa shape index (κ3) is 9.56. The van der Waals surface area contributed by atoms with E-state index in [2.05, 4.69) is 38.0 Å². The molecule has 6 nitrogen and oxygen atoms in total. The van der Waals surface area contributed by atoms with Gasteiger partial charge in [-0.15, -0.1) is 0 Å². The number of hydrogen-bond acceptors (Lipinski definition) is 6. The lowest BCUT2D eigenvalue weighted by Gasteiger charge is -2.10. The molecule has 2 N–H and O–H groups in total. The van der Waals surface area contributed by atoms with Gasteiger partial charge < -0.3 is 19.9 Å². The van der Waals surface area contributed by atoms with Crippen molar-refractivity contribution in [2.24, 2.45) is 22.1 Å². The lowest BCUT2D eigenvalue weighted by molar-refractivity contribution is 0.289. The lowest BCUT2D eigenvalue weighted by Crippen LogP contribution is -2.06. The van der Waals surface area contributed by atoms with Crippen molar-refractivity contribution in [3.63, 3.8) is 0 Å². The molecule has 0 saturated heterocycles. The van der Waals surface area contributed by atoms with Gasteiger partial charge in [-0.25, -0.2) is 0 Å². The predicted molar refractivity (Wildman–Crippen MR) is 133 cm³/mol. The molecule has 180 valence electrons. The van der Waals surface area contributed by atoms with E-state index in [9.17, 15) is 10.4 Å². The normalized spacial score (nSPS) is 12.4. The second-order valence-corrected chi connectivity index (χ2v) is 9.06. The van der Waals surface area contributed by atoms with Gasteiger partial charge in [-0.2, -0.15) is 0 Å². The number of benzene rings is 2. The summed E-state index contributed by atoms with van der Waals surface area (Å²) in [4.78, 5) is 0. The van der Waals surface area contributed by atoms with Crippen LogP contribution in [0.2, 0.25) is 0 Å². The molecule has 0 aromatic heterocycles. The average molecular weight is 455 g/mol. The van der Waals surface area contributed by atoms with Crippen LogP contribution < -0.4 is 9.47 Å². The van der Waals surface area contributed by atoms with E-state index in [4.69, 9.17) is 9.47 Å². The molecule has 0 aliphatic heterocycles. The minimum absolute atomic E-state index is 0.555. The van der Waals surface area contributed by atoms with Gasteiger partial charge in [-0.3, -0.25) is 0 Å². The van der Waals surface area contributed by atoms with Crippen molar-refractivity contribution in [1.82, 2.24) is 0 Å². The molecule has 0 unspecified atom stereocenters. The van der Waals surface area contributed by atoms with Crippen LogP contribution in [0.15, 0.2) is 58.8 Å². The number of oxime groups is 2. The largest absolute Gasteiger partial charge is 0.494 e. The van der Waals surface area contributed by atoms with Crippen LogP contribution in [0.4, 0.5) is 0 Å². The molecule has 0 amide bonds. The van der Waals surface area contributed by atoms with Gasteiger partial charge in [0.1, 0.15) is 11.5 Å². The van der Waals surface area contributed by atoms with E-state index in [1.807, 2.05) is 48.5 Å². The Morgan fingerprint density at radius 1 is 0.667 bits per heavy atom. The van der Waals surface area contributed by atoms with Crippen LogP contribution in [0, 0.1) is 11.8 Å². The Morgan fingerprint density at radius 2 is 1.03 bits per heavy atom. The summed E-state index contributed by atoms with van der Waals surface area (Å²) in [5, 5.41) is 25.9. The van der Waals surface area contributed by atoms with Crippen LogP contribution in [-0.2, 0) is 0 Å². The van der Waals surface area contributed by atoms with Gasteiger partial charge >= 0.3 is 0 Å². The van der Waals surface area contributed by atoms with Crippen LogP contribution in [0.5, 0.6) is 11.5 Å². The second kappa shape index (κ2) is 14.2. The summed E-state index contributed by atoms with van der Waals surface area (Å²) in [6.07, 6.45) is 3.80. The standard InChI is InChI=1S/C27H38N2O4/c1-20(2)16-18-32-24-12-8-22(9-13-24)26(28-30)6-5-7-27(29-31)23-10-14-25(15-11-23)33-19-17-21(3)4/h8-15,20-21,30-31H,5-7,16-19H2,1-4H3/b28-26-,29-27-. The summed E-state index contributed by atoms with van der Waals surface area (Å²) in [6.45, 7) is 10.0. The molecule has 0 saturated carbocycles. The van der Waals surface area contributed by atoms with Crippen LogP contribution in [0.1, 0.15) is 70.9 Å². The van der Waals surface area contributed by atoms with E-state index >= 15 is 0 Å². The number of hydrogen-bond donors (Lipinski definition) is 2. The van der Waals surface area contributed by atoms with E-state index in [0.717, 1.165) is 35.5 Å². The Kier molecular flexibility index (Phi) is 11.3. The molecule has 0 heterocycles. The van der Waals surface area contributed by atoms with Crippen LogP contribution in [0.25, 0.3) is 0 Å². The molecule has 0 fully saturated rings. The summed E-state index contributed by atoms with van der Waals surface area (Å²) in [5.74, 6) is 2.82. The molecule has 0 atom stereocenters. The fourth-order valence-electron chi connectivity index (χ4n) is 3.24. The van der Waals surface area contributed by atoms with E-state index in [1.54, 1.807) is 0 Å². The first-order chi connectivity index (χ1) is 15.9. The summed E-state index contributed by atoms with van der Waals surface area (Å²) in [6, 6.07) is 15.2. The van der Waals surface area contributed by atoms with Gasteiger partial charge in [0, 0.05) is 0 Å².